The minimum absolute atomic E-state index is 0.0807. The van der Waals surface area contributed by atoms with Crippen LogP contribution < -0.4 is 5.32 Å². The normalized spacial score (nSPS) is 13.3. The molecule has 3 rings (SSSR count). The summed E-state index contributed by atoms with van der Waals surface area (Å²) in [6.07, 6.45) is 0. The number of hydrogen-bond donors (Lipinski definition) is 1. The lowest BCUT2D eigenvalue weighted by Gasteiger charge is -2.10. The van der Waals surface area contributed by atoms with Crippen LogP contribution in [0.5, 0.6) is 0 Å². The molecule has 2 aromatic rings. The van der Waals surface area contributed by atoms with Gasteiger partial charge in [0.2, 0.25) is 5.91 Å². The first-order chi connectivity index (χ1) is 9.69. The number of hydrogen-bond acceptors (Lipinski definition) is 3. The topological polar surface area (TPSA) is 46.9 Å². The fourth-order valence-corrected chi connectivity index (χ4v) is 3.39. The highest BCUT2D eigenvalue weighted by atomic mass is 35.5. The van der Waals surface area contributed by atoms with Gasteiger partial charge in [-0.1, -0.05) is 17.7 Å². The van der Waals surface area contributed by atoms with Gasteiger partial charge >= 0.3 is 0 Å². The maximum Gasteiger partial charge on any atom is 0.240 e. The zero-order valence-electron chi connectivity index (χ0n) is 10.4. The molecule has 104 valence electrons. The predicted molar refractivity (Wildman–Crippen MR) is 82.9 cm³/mol. The predicted octanol–water partition coefficient (Wildman–Crippen LogP) is 3.45. The lowest BCUT2D eigenvalue weighted by Crippen LogP contribution is -2.16. The molecule has 0 unspecified atom stereocenters. The number of rotatable bonds is 3. The Hall–Kier alpha value is -1.17. The Morgan fingerprint density at radius 3 is 3.05 bits per heavy atom. The highest BCUT2D eigenvalue weighted by Gasteiger charge is 2.24. The van der Waals surface area contributed by atoms with Gasteiger partial charge in [-0.15, -0.1) is 11.6 Å². The van der Waals surface area contributed by atoms with E-state index in [2.05, 4.69) is 10.4 Å². The van der Waals surface area contributed by atoms with Crippen molar-refractivity contribution in [3.05, 3.63) is 40.5 Å². The number of benzene rings is 1. The van der Waals surface area contributed by atoms with E-state index in [0.29, 0.717) is 10.8 Å². The van der Waals surface area contributed by atoms with Gasteiger partial charge in [-0.25, -0.2) is 4.68 Å². The molecule has 0 saturated carbocycles. The Balaban J connectivity index is 2.08. The molecule has 1 N–H and O–H groups in total. The fourth-order valence-electron chi connectivity index (χ4n) is 2.10. The quantitative estimate of drug-likeness (QED) is 0.878. The Labute approximate surface area is 130 Å². The fraction of sp³-hybridized carbons (Fsp3) is 0.231. The number of nitrogens with one attached hydrogen (secondary N) is 1. The maximum absolute atomic E-state index is 11.6. The molecule has 1 amide bonds. The van der Waals surface area contributed by atoms with Crippen molar-refractivity contribution in [2.24, 2.45) is 0 Å². The van der Waals surface area contributed by atoms with Crippen LogP contribution in [-0.2, 0) is 16.3 Å². The first-order valence-electron chi connectivity index (χ1n) is 5.99. The highest BCUT2D eigenvalue weighted by Crippen LogP contribution is 2.36. The summed E-state index contributed by atoms with van der Waals surface area (Å²) in [6, 6.07) is 7.37. The summed E-state index contributed by atoms with van der Waals surface area (Å²) in [5.74, 6) is 2.07. The van der Waals surface area contributed by atoms with Crippen LogP contribution in [0.3, 0.4) is 0 Å². The van der Waals surface area contributed by atoms with Crippen molar-refractivity contribution in [1.29, 1.82) is 0 Å². The van der Waals surface area contributed by atoms with E-state index in [1.165, 1.54) is 0 Å². The number of fused-ring (bicyclic) bond motifs is 1. The van der Waals surface area contributed by atoms with Crippen LogP contribution in [0.25, 0.3) is 5.69 Å². The van der Waals surface area contributed by atoms with E-state index < -0.39 is 0 Å². The van der Waals surface area contributed by atoms with Gasteiger partial charge in [-0.3, -0.25) is 4.79 Å². The number of carbonyl (C=O) groups excluding carboxylic acids is 1. The number of carbonyl (C=O) groups is 1. The van der Waals surface area contributed by atoms with Gasteiger partial charge in [0, 0.05) is 22.1 Å². The van der Waals surface area contributed by atoms with Crippen LogP contribution in [0.4, 0.5) is 5.82 Å². The molecule has 0 radical (unpaired) electrons. The van der Waals surface area contributed by atoms with Gasteiger partial charge in [0.25, 0.3) is 0 Å². The number of alkyl halides is 1. The molecule has 0 spiro atoms. The van der Waals surface area contributed by atoms with Crippen molar-refractivity contribution in [3.8, 4) is 5.69 Å². The van der Waals surface area contributed by atoms with E-state index in [1.54, 1.807) is 22.5 Å². The van der Waals surface area contributed by atoms with Gasteiger partial charge < -0.3 is 5.32 Å². The summed E-state index contributed by atoms with van der Waals surface area (Å²) < 4.78 is 1.72. The zero-order chi connectivity index (χ0) is 14.1. The molecular formula is C13H11Cl2N3OS. The van der Waals surface area contributed by atoms with Crippen LogP contribution in [0.1, 0.15) is 11.3 Å². The third-order valence-electron chi connectivity index (χ3n) is 2.98. The average Bonchev–Trinajstić information content (AvgIpc) is 3.01. The molecule has 0 bridgehead atoms. The van der Waals surface area contributed by atoms with Crippen LogP contribution in [0, 0.1) is 0 Å². The number of anilines is 1. The largest absolute Gasteiger partial charge is 0.309 e. The highest BCUT2D eigenvalue weighted by molar-refractivity contribution is 7.98. The number of nitrogens with zero attached hydrogens (tertiary/aromatic N) is 2. The lowest BCUT2D eigenvalue weighted by atomic mass is 10.2. The van der Waals surface area contributed by atoms with Crippen molar-refractivity contribution in [3.63, 3.8) is 0 Å². The molecule has 4 nitrogen and oxygen atoms in total. The number of halogens is 2. The molecule has 20 heavy (non-hydrogen) atoms. The monoisotopic (exact) mass is 327 g/mol. The van der Waals surface area contributed by atoms with Gasteiger partial charge in [0.15, 0.2) is 0 Å². The van der Waals surface area contributed by atoms with Crippen LogP contribution in [0.15, 0.2) is 24.3 Å². The first kappa shape index (κ1) is 13.8. The Morgan fingerprint density at radius 2 is 2.30 bits per heavy atom. The molecule has 0 atom stereocenters. The summed E-state index contributed by atoms with van der Waals surface area (Å²) in [5.41, 5.74) is 2.88. The Bertz CT molecular complexity index is 672. The van der Waals surface area contributed by atoms with Crippen molar-refractivity contribution in [2.45, 2.75) is 11.5 Å². The molecular weight excluding hydrogens is 317 g/mol. The van der Waals surface area contributed by atoms with Gasteiger partial charge in [-0.05, 0) is 18.2 Å². The molecule has 0 aliphatic carbocycles. The molecule has 1 aromatic heterocycles. The van der Waals surface area contributed by atoms with E-state index in [0.717, 1.165) is 28.5 Å². The van der Waals surface area contributed by atoms with Gasteiger partial charge in [0.05, 0.1) is 11.4 Å². The number of thioether (sulfide) groups is 1. The summed E-state index contributed by atoms with van der Waals surface area (Å²) in [4.78, 5) is 11.6. The SMILES string of the molecule is O=C(CCl)Nc1c2c(nn1-c1cccc(Cl)c1)CSC2. The summed E-state index contributed by atoms with van der Waals surface area (Å²) in [7, 11) is 0. The van der Waals surface area contributed by atoms with Gasteiger partial charge in [-0.2, -0.15) is 16.9 Å². The van der Waals surface area contributed by atoms with E-state index >= 15 is 0 Å². The smallest absolute Gasteiger partial charge is 0.240 e. The summed E-state index contributed by atoms with van der Waals surface area (Å²) in [6.45, 7) is 0. The molecule has 0 fully saturated rings. The molecule has 2 heterocycles. The molecule has 7 heteroatoms. The summed E-state index contributed by atoms with van der Waals surface area (Å²) >= 11 is 13.4. The van der Waals surface area contributed by atoms with E-state index in [1.807, 2.05) is 18.2 Å². The van der Waals surface area contributed by atoms with Crippen molar-refractivity contribution in [2.75, 3.05) is 11.2 Å². The van der Waals surface area contributed by atoms with Crippen LogP contribution in [0.2, 0.25) is 5.02 Å². The standard InChI is InChI=1S/C13H11Cl2N3OS/c14-5-12(19)16-13-10-6-20-7-11(10)17-18(13)9-3-1-2-8(15)4-9/h1-4H,5-7H2,(H,16,19). The van der Waals surface area contributed by atoms with Gasteiger partial charge in [0.1, 0.15) is 11.7 Å². The van der Waals surface area contributed by atoms with E-state index in [9.17, 15) is 4.79 Å². The second-order valence-corrected chi connectivity index (χ2v) is 6.03. The van der Waals surface area contributed by atoms with Crippen LogP contribution in [-0.4, -0.2) is 21.6 Å². The second kappa shape index (κ2) is 5.68. The Morgan fingerprint density at radius 1 is 1.45 bits per heavy atom. The minimum atomic E-state index is -0.241. The van der Waals surface area contributed by atoms with Crippen molar-refractivity contribution < 1.29 is 4.79 Å². The average molecular weight is 328 g/mol. The number of aromatic nitrogens is 2. The second-order valence-electron chi connectivity index (χ2n) is 4.34. The third-order valence-corrected chi connectivity index (χ3v) is 4.43. The summed E-state index contributed by atoms with van der Waals surface area (Å²) in [5, 5.41) is 8.03. The molecule has 0 saturated heterocycles. The molecule has 1 aliphatic rings. The van der Waals surface area contributed by atoms with E-state index in [4.69, 9.17) is 23.2 Å². The zero-order valence-corrected chi connectivity index (χ0v) is 12.7. The van der Waals surface area contributed by atoms with E-state index in [-0.39, 0.29) is 11.8 Å². The van der Waals surface area contributed by atoms with Crippen molar-refractivity contribution >= 4 is 46.7 Å². The van der Waals surface area contributed by atoms with Crippen molar-refractivity contribution in [1.82, 2.24) is 9.78 Å². The molecule has 1 aromatic carbocycles. The van der Waals surface area contributed by atoms with Crippen LogP contribution >= 0.6 is 35.0 Å². The lowest BCUT2D eigenvalue weighted by molar-refractivity contribution is -0.114. The molecule has 1 aliphatic heterocycles. The number of amides is 1. The first-order valence-corrected chi connectivity index (χ1v) is 8.06. The maximum atomic E-state index is 11.6. The third kappa shape index (κ3) is 2.53. The minimum Gasteiger partial charge on any atom is -0.309 e. The Kier molecular flexibility index (Phi) is 3.92.